The Morgan fingerprint density at radius 3 is 2.62 bits per heavy atom. The standard InChI is InChI=1S/C9H6ClNO3S2/c10-7-3-4-11-5-6(7)8-1-2-9(15-8)16(12,13)14/h1-5H,(H,12,13,14). The molecule has 2 aromatic rings. The van der Waals surface area contributed by atoms with E-state index in [-0.39, 0.29) is 4.21 Å². The van der Waals surface area contributed by atoms with Crippen molar-refractivity contribution in [1.82, 2.24) is 4.98 Å². The Hall–Kier alpha value is -0.950. The van der Waals surface area contributed by atoms with Crippen molar-refractivity contribution in [3.05, 3.63) is 35.6 Å². The van der Waals surface area contributed by atoms with Crippen molar-refractivity contribution in [1.29, 1.82) is 0 Å². The molecule has 0 aliphatic carbocycles. The highest BCUT2D eigenvalue weighted by molar-refractivity contribution is 7.88. The lowest BCUT2D eigenvalue weighted by molar-refractivity contribution is 0.485. The van der Waals surface area contributed by atoms with E-state index in [9.17, 15) is 8.42 Å². The van der Waals surface area contributed by atoms with Crippen LogP contribution in [0.5, 0.6) is 0 Å². The second-order valence-electron chi connectivity index (χ2n) is 2.95. The fourth-order valence-electron chi connectivity index (χ4n) is 1.16. The van der Waals surface area contributed by atoms with Gasteiger partial charge in [0.05, 0.1) is 5.02 Å². The molecule has 16 heavy (non-hydrogen) atoms. The summed E-state index contributed by atoms with van der Waals surface area (Å²) in [5.74, 6) is 0. The largest absolute Gasteiger partial charge is 0.304 e. The van der Waals surface area contributed by atoms with Crippen LogP contribution in [0.25, 0.3) is 10.4 Å². The maximum atomic E-state index is 10.9. The van der Waals surface area contributed by atoms with E-state index in [0.717, 1.165) is 11.3 Å². The van der Waals surface area contributed by atoms with Crippen LogP contribution in [-0.4, -0.2) is 18.0 Å². The van der Waals surface area contributed by atoms with Crippen molar-refractivity contribution in [2.45, 2.75) is 4.21 Å². The monoisotopic (exact) mass is 275 g/mol. The quantitative estimate of drug-likeness (QED) is 0.856. The fraction of sp³-hybridized carbons (Fsp3) is 0. The first-order valence-corrected chi connectivity index (χ1v) is 6.79. The Balaban J connectivity index is 2.52. The summed E-state index contributed by atoms with van der Waals surface area (Å²) in [7, 11) is -4.15. The zero-order valence-corrected chi connectivity index (χ0v) is 10.2. The first kappa shape index (κ1) is 11.5. The van der Waals surface area contributed by atoms with E-state index in [1.54, 1.807) is 24.5 Å². The molecule has 0 aromatic carbocycles. The lowest BCUT2D eigenvalue weighted by atomic mass is 10.2. The van der Waals surface area contributed by atoms with Gasteiger partial charge in [-0.3, -0.25) is 9.54 Å². The van der Waals surface area contributed by atoms with Gasteiger partial charge in [-0.05, 0) is 18.2 Å². The van der Waals surface area contributed by atoms with E-state index in [1.165, 1.54) is 6.07 Å². The molecule has 0 amide bonds. The van der Waals surface area contributed by atoms with E-state index in [1.807, 2.05) is 0 Å². The minimum atomic E-state index is -4.15. The van der Waals surface area contributed by atoms with Crippen molar-refractivity contribution in [2.75, 3.05) is 0 Å². The van der Waals surface area contributed by atoms with Gasteiger partial charge in [-0.1, -0.05) is 11.6 Å². The van der Waals surface area contributed by atoms with Crippen molar-refractivity contribution in [3.8, 4) is 10.4 Å². The highest BCUT2D eigenvalue weighted by Gasteiger charge is 2.14. The summed E-state index contributed by atoms with van der Waals surface area (Å²) in [6.45, 7) is 0. The van der Waals surface area contributed by atoms with E-state index in [0.29, 0.717) is 15.5 Å². The van der Waals surface area contributed by atoms with Gasteiger partial charge in [0, 0.05) is 22.8 Å². The van der Waals surface area contributed by atoms with Crippen LogP contribution < -0.4 is 0 Å². The van der Waals surface area contributed by atoms with Crippen molar-refractivity contribution >= 4 is 33.1 Å². The van der Waals surface area contributed by atoms with E-state index >= 15 is 0 Å². The molecule has 0 bridgehead atoms. The smallest absolute Gasteiger partial charge is 0.281 e. The summed E-state index contributed by atoms with van der Waals surface area (Å²) < 4.78 is 30.5. The molecular formula is C9H6ClNO3S2. The predicted molar refractivity (Wildman–Crippen MR) is 62.4 cm³/mol. The van der Waals surface area contributed by atoms with Gasteiger partial charge in [-0.25, -0.2) is 0 Å². The fourth-order valence-corrected chi connectivity index (χ4v) is 3.12. The Morgan fingerprint density at radius 2 is 2.06 bits per heavy atom. The Kier molecular flexibility index (Phi) is 2.98. The summed E-state index contributed by atoms with van der Waals surface area (Å²) in [4.78, 5) is 4.55. The van der Waals surface area contributed by atoms with Crippen LogP contribution >= 0.6 is 22.9 Å². The molecule has 1 N–H and O–H groups in total. The van der Waals surface area contributed by atoms with Gasteiger partial charge in [0.25, 0.3) is 0 Å². The first-order valence-electron chi connectivity index (χ1n) is 4.16. The molecule has 7 heteroatoms. The Morgan fingerprint density at radius 1 is 1.31 bits per heavy atom. The molecule has 0 saturated carbocycles. The number of rotatable bonds is 2. The first-order chi connectivity index (χ1) is 7.48. The normalized spacial score (nSPS) is 11.6. The number of pyridine rings is 1. The van der Waals surface area contributed by atoms with Crippen LogP contribution in [0.4, 0.5) is 0 Å². The minimum absolute atomic E-state index is 0.109. The maximum absolute atomic E-state index is 10.9. The van der Waals surface area contributed by atoms with Gasteiger partial charge in [-0.2, -0.15) is 8.42 Å². The Labute approximate surface area is 101 Å². The highest BCUT2D eigenvalue weighted by atomic mass is 35.5. The molecule has 0 saturated heterocycles. The van der Waals surface area contributed by atoms with Crippen molar-refractivity contribution < 1.29 is 13.0 Å². The predicted octanol–water partition coefficient (Wildman–Crippen LogP) is 2.71. The van der Waals surface area contributed by atoms with Crippen molar-refractivity contribution in [2.24, 2.45) is 0 Å². The van der Waals surface area contributed by atoms with Crippen LogP contribution in [0.1, 0.15) is 0 Å². The van der Waals surface area contributed by atoms with Crippen LogP contribution in [0.2, 0.25) is 5.02 Å². The molecule has 2 rings (SSSR count). The summed E-state index contributed by atoms with van der Waals surface area (Å²) >= 11 is 6.88. The van der Waals surface area contributed by atoms with Crippen LogP contribution in [0.3, 0.4) is 0 Å². The molecule has 84 valence electrons. The van der Waals surface area contributed by atoms with E-state index in [2.05, 4.69) is 4.98 Å². The van der Waals surface area contributed by atoms with Gasteiger partial charge in [0.2, 0.25) is 0 Å². The van der Waals surface area contributed by atoms with Crippen LogP contribution in [0.15, 0.2) is 34.8 Å². The van der Waals surface area contributed by atoms with Crippen LogP contribution in [-0.2, 0) is 10.1 Å². The third-order valence-electron chi connectivity index (χ3n) is 1.87. The minimum Gasteiger partial charge on any atom is -0.281 e. The average molecular weight is 276 g/mol. The highest BCUT2D eigenvalue weighted by Crippen LogP contribution is 2.34. The number of nitrogens with zero attached hydrogens (tertiary/aromatic N) is 1. The topological polar surface area (TPSA) is 67.3 Å². The zero-order valence-electron chi connectivity index (χ0n) is 7.79. The van der Waals surface area contributed by atoms with E-state index in [4.69, 9.17) is 16.2 Å². The number of halogens is 1. The third kappa shape index (κ3) is 2.25. The molecule has 0 aliphatic heterocycles. The zero-order chi connectivity index (χ0) is 11.8. The van der Waals surface area contributed by atoms with Gasteiger partial charge < -0.3 is 0 Å². The summed E-state index contributed by atoms with van der Waals surface area (Å²) in [6, 6.07) is 4.53. The molecule has 2 heterocycles. The van der Waals surface area contributed by atoms with Gasteiger partial charge in [-0.15, -0.1) is 11.3 Å². The Bertz CT molecular complexity index is 621. The average Bonchev–Trinajstić information content (AvgIpc) is 2.66. The number of thiophene rings is 1. The number of aromatic nitrogens is 1. The molecule has 2 aromatic heterocycles. The number of hydrogen-bond acceptors (Lipinski definition) is 4. The lowest BCUT2D eigenvalue weighted by Gasteiger charge is -1.98. The van der Waals surface area contributed by atoms with Gasteiger partial charge in [0.1, 0.15) is 4.21 Å². The molecule has 0 aliphatic rings. The van der Waals surface area contributed by atoms with Gasteiger partial charge >= 0.3 is 10.1 Å². The summed E-state index contributed by atoms with van der Waals surface area (Å²) in [5, 5.41) is 0.485. The van der Waals surface area contributed by atoms with Crippen molar-refractivity contribution in [3.63, 3.8) is 0 Å². The third-order valence-corrected chi connectivity index (χ3v) is 4.64. The molecular weight excluding hydrogens is 270 g/mol. The second kappa shape index (κ2) is 4.14. The maximum Gasteiger partial charge on any atom is 0.304 e. The lowest BCUT2D eigenvalue weighted by Crippen LogP contribution is -1.93. The molecule has 0 spiro atoms. The summed E-state index contributed by atoms with van der Waals surface area (Å²) in [6.07, 6.45) is 3.09. The van der Waals surface area contributed by atoms with Crippen LogP contribution in [0, 0.1) is 0 Å². The second-order valence-corrected chi connectivity index (χ2v) is 6.09. The van der Waals surface area contributed by atoms with E-state index < -0.39 is 10.1 Å². The SMILES string of the molecule is O=S(=O)(O)c1ccc(-c2cnccc2Cl)s1. The summed E-state index contributed by atoms with van der Waals surface area (Å²) in [5.41, 5.74) is 0.643. The molecule has 0 atom stereocenters. The number of hydrogen-bond donors (Lipinski definition) is 1. The molecule has 0 radical (unpaired) electrons. The molecule has 4 nitrogen and oxygen atoms in total. The molecule has 0 unspecified atom stereocenters. The molecule has 0 fully saturated rings. The van der Waals surface area contributed by atoms with Gasteiger partial charge in [0.15, 0.2) is 0 Å².